The second-order valence-corrected chi connectivity index (χ2v) is 4.56. The van der Waals surface area contributed by atoms with Crippen LogP contribution in [0.25, 0.3) is 0 Å². The molecule has 0 amide bonds. The van der Waals surface area contributed by atoms with Crippen LogP contribution < -0.4 is 5.32 Å². The van der Waals surface area contributed by atoms with Crippen molar-refractivity contribution in [3.05, 3.63) is 21.9 Å². The Bertz CT molecular complexity index is 325. The third kappa shape index (κ3) is 4.74. The summed E-state index contributed by atoms with van der Waals surface area (Å²) in [5.74, 6) is -0.870. The van der Waals surface area contributed by atoms with Crippen molar-refractivity contribution in [3.63, 3.8) is 0 Å². The van der Waals surface area contributed by atoms with Crippen LogP contribution >= 0.6 is 11.3 Å². The van der Waals surface area contributed by atoms with Gasteiger partial charge in [0.05, 0.1) is 5.56 Å². The van der Waals surface area contributed by atoms with Gasteiger partial charge < -0.3 is 15.5 Å². The SMILES string of the molecule is O=C(O)c1csc(CNCCCCCO)c1. The lowest BCUT2D eigenvalue weighted by atomic mass is 10.2. The first kappa shape index (κ1) is 13.2. The van der Waals surface area contributed by atoms with Crippen LogP contribution in [0.3, 0.4) is 0 Å². The highest BCUT2D eigenvalue weighted by Crippen LogP contribution is 2.14. The molecule has 0 unspecified atom stereocenters. The number of hydrogen-bond acceptors (Lipinski definition) is 4. The summed E-state index contributed by atoms with van der Waals surface area (Å²) in [6.45, 7) is 1.88. The molecule has 0 saturated carbocycles. The quantitative estimate of drug-likeness (QED) is 0.608. The summed E-state index contributed by atoms with van der Waals surface area (Å²) >= 11 is 1.46. The van der Waals surface area contributed by atoms with Crippen LogP contribution in [0.1, 0.15) is 34.5 Å². The first-order valence-electron chi connectivity index (χ1n) is 5.36. The van der Waals surface area contributed by atoms with E-state index in [-0.39, 0.29) is 6.61 Å². The third-order valence-corrected chi connectivity index (χ3v) is 3.15. The zero-order valence-electron chi connectivity index (χ0n) is 9.11. The van der Waals surface area contributed by atoms with Crippen molar-refractivity contribution >= 4 is 17.3 Å². The van der Waals surface area contributed by atoms with Crippen molar-refractivity contribution in [3.8, 4) is 0 Å². The van der Waals surface area contributed by atoms with E-state index in [9.17, 15) is 4.79 Å². The summed E-state index contributed by atoms with van der Waals surface area (Å²) in [6.07, 6.45) is 2.91. The molecule has 0 fully saturated rings. The minimum absolute atomic E-state index is 0.257. The smallest absolute Gasteiger partial charge is 0.336 e. The second kappa shape index (κ2) is 7.38. The Balaban J connectivity index is 2.14. The number of carboxylic acids is 1. The van der Waals surface area contributed by atoms with E-state index in [1.807, 2.05) is 0 Å². The van der Waals surface area contributed by atoms with Crippen LogP contribution in [0.15, 0.2) is 11.4 Å². The van der Waals surface area contributed by atoms with Gasteiger partial charge in [-0.25, -0.2) is 4.79 Å². The number of unbranched alkanes of at least 4 members (excludes halogenated alkanes) is 2. The molecule has 0 spiro atoms. The van der Waals surface area contributed by atoms with Gasteiger partial charge in [-0.05, 0) is 31.9 Å². The Hall–Kier alpha value is -0.910. The molecule has 1 heterocycles. The molecule has 1 aromatic heterocycles. The molecule has 0 aliphatic carbocycles. The highest BCUT2D eigenvalue weighted by molar-refractivity contribution is 7.10. The molecule has 0 atom stereocenters. The number of thiophene rings is 1. The summed E-state index contributed by atoms with van der Waals surface area (Å²) in [6, 6.07) is 1.70. The molecule has 3 N–H and O–H groups in total. The molecule has 1 aromatic rings. The van der Waals surface area contributed by atoms with Crippen molar-refractivity contribution in [1.29, 1.82) is 0 Å². The maximum absolute atomic E-state index is 10.6. The Labute approximate surface area is 98.9 Å². The fraction of sp³-hybridized carbons (Fsp3) is 0.545. The van der Waals surface area contributed by atoms with Crippen molar-refractivity contribution in [2.45, 2.75) is 25.8 Å². The average Bonchev–Trinajstić information content (AvgIpc) is 2.72. The van der Waals surface area contributed by atoms with Gasteiger partial charge in [-0.2, -0.15) is 0 Å². The Kier molecular flexibility index (Phi) is 6.07. The lowest BCUT2D eigenvalue weighted by molar-refractivity contribution is 0.0697. The number of carbonyl (C=O) groups is 1. The number of rotatable bonds is 8. The lowest BCUT2D eigenvalue weighted by Crippen LogP contribution is -2.13. The predicted molar refractivity (Wildman–Crippen MR) is 63.9 cm³/mol. The average molecular weight is 243 g/mol. The molecule has 16 heavy (non-hydrogen) atoms. The summed E-state index contributed by atoms with van der Waals surface area (Å²) in [5, 5.41) is 22.2. The lowest BCUT2D eigenvalue weighted by Gasteiger charge is -2.01. The van der Waals surface area contributed by atoms with E-state index < -0.39 is 5.97 Å². The molecule has 0 saturated heterocycles. The summed E-state index contributed by atoms with van der Waals surface area (Å²) < 4.78 is 0. The zero-order valence-corrected chi connectivity index (χ0v) is 9.92. The number of carboxylic acid groups (broad SMARTS) is 1. The standard InChI is InChI=1S/C11H17NO3S/c13-5-3-1-2-4-12-7-10-6-9(8-16-10)11(14)15/h6,8,12-13H,1-5,7H2,(H,14,15). The summed E-state index contributed by atoms with van der Waals surface area (Å²) in [4.78, 5) is 11.7. The van der Waals surface area contributed by atoms with E-state index in [1.54, 1.807) is 11.4 Å². The zero-order chi connectivity index (χ0) is 11.8. The van der Waals surface area contributed by atoms with Gasteiger partial charge in [-0.3, -0.25) is 0 Å². The summed E-state index contributed by atoms with van der Waals surface area (Å²) in [5.41, 5.74) is 0.363. The highest BCUT2D eigenvalue weighted by Gasteiger charge is 2.05. The number of aliphatic hydroxyl groups is 1. The van der Waals surface area contributed by atoms with E-state index in [2.05, 4.69) is 5.32 Å². The van der Waals surface area contributed by atoms with E-state index in [4.69, 9.17) is 10.2 Å². The molecule has 0 radical (unpaired) electrons. The maximum Gasteiger partial charge on any atom is 0.336 e. The van der Waals surface area contributed by atoms with Crippen molar-refractivity contribution in [1.82, 2.24) is 5.32 Å². The molecule has 4 nitrogen and oxygen atoms in total. The molecule has 0 bridgehead atoms. The molecule has 1 rings (SSSR count). The fourth-order valence-corrected chi connectivity index (χ4v) is 2.16. The van der Waals surface area contributed by atoms with Crippen LogP contribution in [0.2, 0.25) is 0 Å². The minimum Gasteiger partial charge on any atom is -0.478 e. The van der Waals surface area contributed by atoms with Gasteiger partial charge in [-0.15, -0.1) is 11.3 Å². The van der Waals surface area contributed by atoms with Crippen molar-refractivity contribution in [2.75, 3.05) is 13.2 Å². The third-order valence-electron chi connectivity index (χ3n) is 2.21. The van der Waals surface area contributed by atoms with Gasteiger partial charge in [0, 0.05) is 23.4 Å². The van der Waals surface area contributed by atoms with Gasteiger partial charge in [-0.1, -0.05) is 0 Å². The Morgan fingerprint density at radius 1 is 1.38 bits per heavy atom. The Morgan fingerprint density at radius 3 is 2.81 bits per heavy atom. The van der Waals surface area contributed by atoms with Gasteiger partial charge in [0.1, 0.15) is 0 Å². The van der Waals surface area contributed by atoms with Crippen LogP contribution in [-0.2, 0) is 6.54 Å². The second-order valence-electron chi connectivity index (χ2n) is 3.57. The topological polar surface area (TPSA) is 69.6 Å². The number of aliphatic hydroxyl groups excluding tert-OH is 1. The minimum atomic E-state index is -0.870. The molecule has 90 valence electrons. The van der Waals surface area contributed by atoms with Crippen LogP contribution in [-0.4, -0.2) is 29.3 Å². The number of hydrogen-bond donors (Lipinski definition) is 3. The van der Waals surface area contributed by atoms with E-state index in [1.165, 1.54) is 11.3 Å². The van der Waals surface area contributed by atoms with E-state index in [0.29, 0.717) is 5.56 Å². The van der Waals surface area contributed by atoms with Gasteiger partial charge in [0.2, 0.25) is 0 Å². The molecule has 0 aromatic carbocycles. The number of aromatic carboxylic acids is 1. The van der Waals surface area contributed by atoms with Gasteiger partial charge in [0.15, 0.2) is 0 Å². The van der Waals surface area contributed by atoms with Crippen LogP contribution in [0, 0.1) is 0 Å². The van der Waals surface area contributed by atoms with E-state index >= 15 is 0 Å². The fourth-order valence-electron chi connectivity index (χ4n) is 1.34. The number of nitrogens with one attached hydrogen (secondary N) is 1. The Morgan fingerprint density at radius 2 is 2.19 bits per heavy atom. The van der Waals surface area contributed by atoms with Gasteiger partial charge >= 0.3 is 5.97 Å². The first-order chi connectivity index (χ1) is 7.74. The molecular weight excluding hydrogens is 226 g/mol. The maximum atomic E-state index is 10.6. The first-order valence-corrected chi connectivity index (χ1v) is 6.24. The molecule has 5 heteroatoms. The van der Waals surface area contributed by atoms with Crippen molar-refractivity contribution < 1.29 is 15.0 Å². The van der Waals surface area contributed by atoms with Crippen molar-refractivity contribution in [2.24, 2.45) is 0 Å². The monoisotopic (exact) mass is 243 g/mol. The van der Waals surface area contributed by atoms with Gasteiger partial charge in [0.25, 0.3) is 0 Å². The highest BCUT2D eigenvalue weighted by atomic mass is 32.1. The summed E-state index contributed by atoms with van der Waals surface area (Å²) in [7, 11) is 0. The molecule has 0 aliphatic heterocycles. The van der Waals surface area contributed by atoms with E-state index in [0.717, 1.165) is 37.2 Å². The van der Waals surface area contributed by atoms with Crippen LogP contribution in [0.4, 0.5) is 0 Å². The predicted octanol–water partition coefficient (Wildman–Crippen LogP) is 1.70. The molecular formula is C11H17NO3S. The largest absolute Gasteiger partial charge is 0.478 e. The van der Waals surface area contributed by atoms with Crippen LogP contribution in [0.5, 0.6) is 0 Å². The molecule has 0 aliphatic rings. The normalized spacial score (nSPS) is 10.6.